The molecule has 3 aromatic rings. The minimum absolute atomic E-state index is 0.195. The van der Waals surface area contributed by atoms with Gasteiger partial charge < -0.3 is 9.64 Å². The molecule has 1 unspecified atom stereocenters. The number of imide groups is 1. The van der Waals surface area contributed by atoms with Crippen molar-refractivity contribution in [1.82, 2.24) is 19.8 Å². The molecular formula is C25H23ClN4O4. The summed E-state index contributed by atoms with van der Waals surface area (Å²) in [6, 6.07) is 9.97. The van der Waals surface area contributed by atoms with Gasteiger partial charge in [0.1, 0.15) is 5.75 Å². The quantitative estimate of drug-likeness (QED) is 0.584. The highest BCUT2D eigenvalue weighted by atomic mass is 35.5. The molecule has 1 aromatic carbocycles. The SMILES string of the molecule is CN1CC(c2cc(-c3cc(Cl)cc(OCC4CC4)c3)c(=O)n(-c3cccnc3)c2)C(=O)NC1=O. The topological polar surface area (TPSA) is 93.5 Å². The third-order valence-corrected chi connectivity index (χ3v) is 6.30. The van der Waals surface area contributed by atoms with Gasteiger partial charge in [0.2, 0.25) is 5.91 Å². The van der Waals surface area contributed by atoms with Crippen LogP contribution in [0.4, 0.5) is 4.79 Å². The summed E-state index contributed by atoms with van der Waals surface area (Å²) in [6.45, 7) is 0.809. The maximum absolute atomic E-state index is 13.6. The van der Waals surface area contributed by atoms with E-state index in [2.05, 4.69) is 10.3 Å². The molecule has 8 nitrogen and oxygen atoms in total. The molecule has 1 aliphatic heterocycles. The first-order chi connectivity index (χ1) is 16.4. The van der Waals surface area contributed by atoms with Gasteiger partial charge in [0.05, 0.1) is 24.4 Å². The van der Waals surface area contributed by atoms with Crippen LogP contribution in [0.5, 0.6) is 5.75 Å². The van der Waals surface area contributed by atoms with E-state index in [9.17, 15) is 14.4 Å². The van der Waals surface area contributed by atoms with E-state index in [1.165, 1.54) is 9.47 Å². The van der Waals surface area contributed by atoms with Crippen LogP contribution in [0.15, 0.2) is 59.8 Å². The third-order valence-electron chi connectivity index (χ3n) is 6.08. The van der Waals surface area contributed by atoms with Crippen LogP contribution in [-0.4, -0.2) is 46.6 Å². The summed E-state index contributed by atoms with van der Waals surface area (Å²) in [7, 11) is 1.62. The van der Waals surface area contributed by atoms with Crippen molar-refractivity contribution in [1.29, 1.82) is 0 Å². The number of likely N-dealkylation sites (N-methyl/N-ethyl adjacent to an activating group) is 1. The van der Waals surface area contributed by atoms with Gasteiger partial charge in [-0.3, -0.25) is 24.5 Å². The van der Waals surface area contributed by atoms with Crippen molar-refractivity contribution in [2.45, 2.75) is 18.8 Å². The van der Waals surface area contributed by atoms with Crippen molar-refractivity contribution < 1.29 is 14.3 Å². The zero-order valence-electron chi connectivity index (χ0n) is 18.5. The Balaban J connectivity index is 1.63. The van der Waals surface area contributed by atoms with Crippen LogP contribution in [0, 0.1) is 5.92 Å². The molecule has 1 N–H and O–H groups in total. The normalized spacial score (nSPS) is 18.1. The molecule has 2 aromatic heterocycles. The summed E-state index contributed by atoms with van der Waals surface area (Å²) >= 11 is 6.38. The lowest BCUT2D eigenvalue weighted by Gasteiger charge is -2.29. The van der Waals surface area contributed by atoms with Crippen LogP contribution in [0.1, 0.15) is 24.3 Å². The van der Waals surface area contributed by atoms with E-state index in [0.29, 0.717) is 45.7 Å². The number of amides is 3. The maximum Gasteiger partial charge on any atom is 0.323 e. The van der Waals surface area contributed by atoms with Crippen molar-refractivity contribution >= 4 is 23.5 Å². The van der Waals surface area contributed by atoms with Crippen LogP contribution in [0.2, 0.25) is 5.02 Å². The fourth-order valence-corrected chi connectivity index (χ4v) is 4.20. The summed E-state index contributed by atoms with van der Waals surface area (Å²) < 4.78 is 7.37. The van der Waals surface area contributed by atoms with Crippen molar-refractivity contribution in [3.8, 4) is 22.6 Å². The molecule has 0 bridgehead atoms. The number of pyridine rings is 2. The number of hydrogen-bond acceptors (Lipinski definition) is 5. The first-order valence-electron chi connectivity index (χ1n) is 11.1. The number of urea groups is 1. The van der Waals surface area contributed by atoms with Crippen LogP contribution in [-0.2, 0) is 4.79 Å². The monoisotopic (exact) mass is 478 g/mol. The minimum atomic E-state index is -0.644. The van der Waals surface area contributed by atoms with E-state index >= 15 is 0 Å². The van der Waals surface area contributed by atoms with Crippen molar-refractivity contribution in [3.63, 3.8) is 0 Å². The van der Waals surface area contributed by atoms with Crippen LogP contribution in [0.25, 0.3) is 16.8 Å². The highest BCUT2D eigenvalue weighted by Crippen LogP contribution is 2.33. The van der Waals surface area contributed by atoms with Gasteiger partial charge in [-0.2, -0.15) is 0 Å². The zero-order chi connectivity index (χ0) is 23.8. The number of aromatic nitrogens is 2. The summed E-state index contributed by atoms with van der Waals surface area (Å²) in [6.07, 6.45) is 7.14. The summed E-state index contributed by atoms with van der Waals surface area (Å²) in [4.78, 5) is 43.8. The Labute approximate surface area is 201 Å². The van der Waals surface area contributed by atoms with Crippen LogP contribution in [0.3, 0.4) is 0 Å². The summed E-state index contributed by atoms with van der Waals surface area (Å²) in [5.41, 5.74) is 1.82. The van der Waals surface area contributed by atoms with Crippen molar-refractivity contribution in [3.05, 3.63) is 75.9 Å². The Morgan fingerprint density at radius 1 is 1.18 bits per heavy atom. The molecule has 2 aliphatic rings. The lowest BCUT2D eigenvalue weighted by Crippen LogP contribution is -2.51. The second-order valence-electron chi connectivity index (χ2n) is 8.73. The highest BCUT2D eigenvalue weighted by molar-refractivity contribution is 6.31. The van der Waals surface area contributed by atoms with Gasteiger partial charge in [-0.1, -0.05) is 11.6 Å². The van der Waals surface area contributed by atoms with Gasteiger partial charge in [0, 0.05) is 36.6 Å². The summed E-state index contributed by atoms with van der Waals surface area (Å²) in [5, 5.41) is 2.82. The zero-order valence-corrected chi connectivity index (χ0v) is 19.3. The number of hydrogen-bond donors (Lipinski definition) is 1. The molecule has 0 spiro atoms. The molecule has 2 fully saturated rings. The lowest BCUT2D eigenvalue weighted by molar-refractivity contribution is -0.123. The smallest absolute Gasteiger partial charge is 0.323 e. The molecule has 0 radical (unpaired) electrons. The Hall–Kier alpha value is -3.65. The molecule has 1 saturated heterocycles. The number of benzene rings is 1. The largest absolute Gasteiger partial charge is 0.493 e. The second-order valence-corrected chi connectivity index (χ2v) is 9.17. The number of ether oxygens (including phenoxy) is 1. The predicted octanol–water partition coefficient (Wildman–Crippen LogP) is 3.61. The average molecular weight is 479 g/mol. The van der Waals surface area contributed by atoms with Gasteiger partial charge in [-0.05, 0) is 66.3 Å². The Bertz CT molecular complexity index is 1320. The molecule has 9 heteroatoms. The molecule has 1 atom stereocenters. The highest BCUT2D eigenvalue weighted by Gasteiger charge is 2.32. The number of nitrogens with zero attached hydrogens (tertiary/aromatic N) is 3. The molecule has 34 heavy (non-hydrogen) atoms. The Morgan fingerprint density at radius 2 is 2.00 bits per heavy atom. The number of nitrogens with one attached hydrogen (secondary N) is 1. The standard InChI is InChI=1S/C25H23ClN4O4/c1-29-13-22(23(31)28-25(29)33)17-9-21(24(32)30(12-17)19-3-2-6-27-11-19)16-7-18(26)10-20(8-16)34-14-15-4-5-15/h2-3,6-12,15,22H,4-5,13-14H2,1H3,(H,28,31,33). The molecule has 3 heterocycles. The molecule has 5 rings (SSSR count). The van der Waals surface area contributed by atoms with Gasteiger partial charge in [0.25, 0.3) is 5.56 Å². The first kappa shape index (κ1) is 22.2. The lowest BCUT2D eigenvalue weighted by atomic mass is 9.94. The first-order valence-corrected chi connectivity index (χ1v) is 11.4. The van der Waals surface area contributed by atoms with Crippen LogP contribution >= 0.6 is 11.6 Å². The number of carbonyl (C=O) groups excluding carboxylic acids is 2. The molecule has 1 aliphatic carbocycles. The fraction of sp³-hybridized carbons (Fsp3) is 0.280. The minimum Gasteiger partial charge on any atom is -0.493 e. The second kappa shape index (κ2) is 8.95. The van der Waals surface area contributed by atoms with Crippen molar-refractivity contribution in [2.24, 2.45) is 5.92 Å². The van der Waals surface area contributed by atoms with E-state index in [1.807, 2.05) is 0 Å². The van der Waals surface area contributed by atoms with Crippen LogP contribution < -0.4 is 15.6 Å². The van der Waals surface area contributed by atoms with Gasteiger partial charge in [-0.15, -0.1) is 0 Å². The van der Waals surface area contributed by atoms with Gasteiger partial charge in [-0.25, -0.2) is 4.79 Å². The van der Waals surface area contributed by atoms with Gasteiger partial charge in [0.15, 0.2) is 0 Å². The van der Waals surface area contributed by atoms with E-state index < -0.39 is 17.9 Å². The van der Waals surface area contributed by atoms with Crippen molar-refractivity contribution in [2.75, 3.05) is 20.2 Å². The molecular weight excluding hydrogens is 456 g/mol. The van der Waals surface area contributed by atoms with E-state index in [-0.39, 0.29) is 12.1 Å². The Kier molecular flexibility index (Phi) is 5.83. The van der Waals surface area contributed by atoms with E-state index in [4.69, 9.17) is 16.3 Å². The fourth-order valence-electron chi connectivity index (χ4n) is 3.97. The average Bonchev–Trinajstić information content (AvgIpc) is 3.65. The number of carbonyl (C=O) groups is 2. The maximum atomic E-state index is 13.6. The molecule has 1 saturated carbocycles. The van der Waals surface area contributed by atoms with Gasteiger partial charge >= 0.3 is 6.03 Å². The summed E-state index contributed by atoms with van der Waals surface area (Å²) in [5.74, 6) is 0.102. The number of halogens is 1. The Morgan fingerprint density at radius 3 is 2.74 bits per heavy atom. The number of rotatable bonds is 6. The van der Waals surface area contributed by atoms with E-state index in [1.54, 1.807) is 62.0 Å². The predicted molar refractivity (Wildman–Crippen MR) is 127 cm³/mol. The molecule has 3 amide bonds. The molecule has 174 valence electrons. The third kappa shape index (κ3) is 4.54. The van der Waals surface area contributed by atoms with E-state index in [0.717, 1.165) is 12.8 Å².